The summed E-state index contributed by atoms with van der Waals surface area (Å²) in [5.41, 5.74) is -0.980. The maximum Gasteiger partial charge on any atom is 0.573 e. The lowest BCUT2D eigenvalue weighted by atomic mass is 9.79. The fourth-order valence-electron chi connectivity index (χ4n) is 1.01. The fraction of sp³-hybridized carbons (Fsp3) is 0.143. The van der Waals surface area contributed by atoms with Gasteiger partial charge in [-0.15, -0.1) is 13.2 Å². The van der Waals surface area contributed by atoms with Gasteiger partial charge >= 0.3 is 13.5 Å². The second-order valence-electron chi connectivity index (χ2n) is 2.69. The highest BCUT2D eigenvalue weighted by Gasteiger charge is 2.36. The van der Waals surface area contributed by atoms with Crippen LogP contribution in [0.4, 0.5) is 17.6 Å². The van der Waals surface area contributed by atoms with Crippen LogP contribution in [0.25, 0.3) is 0 Å². The number of benzene rings is 1. The number of rotatable bonds is 2. The molecule has 0 fully saturated rings. The smallest absolute Gasteiger partial charge is 0.423 e. The third-order valence-corrected chi connectivity index (χ3v) is 2.20. The molecule has 0 aliphatic carbocycles. The number of hydrogen-bond donors (Lipinski definition) is 2. The van der Waals surface area contributed by atoms with Crippen molar-refractivity contribution in [3.63, 3.8) is 0 Å². The first-order chi connectivity index (χ1) is 7.22. The Morgan fingerprint density at radius 3 is 2.25 bits per heavy atom. The Kier molecular flexibility index (Phi) is 3.82. The summed E-state index contributed by atoms with van der Waals surface area (Å²) in [6.07, 6.45) is -5.06. The molecule has 0 amide bonds. The minimum absolute atomic E-state index is 0.241. The zero-order chi connectivity index (χ0) is 12.5. The standard InChI is InChI=1S/C7H4BBrF4O3/c9-3-1-2-4(10)5(8(14)15)6(3)16-7(11,12)13/h1-2,14-15H. The Labute approximate surface area is 95.9 Å². The monoisotopic (exact) mass is 302 g/mol. The lowest BCUT2D eigenvalue weighted by Gasteiger charge is -2.14. The highest BCUT2D eigenvalue weighted by atomic mass is 79.9. The van der Waals surface area contributed by atoms with Crippen molar-refractivity contribution >= 4 is 28.5 Å². The van der Waals surface area contributed by atoms with Gasteiger partial charge in [0.1, 0.15) is 11.6 Å². The van der Waals surface area contributed by atoms with E-state index in [4.69, 9.17) is 10.0 Å². The van der Waals surface area contributed by atoms with Crippen molar-refractivity contribution < 1.29 is 32.3 Å². The summed E-state index contributed by atoms with van der Waals surface area (Å²) in [4.78, 5) is 0. The van der Waals surface area contributed by atoms with E-state index in [0.29, 0.717) is 0 Å². The van der Waals surface area contributed by atoms with Crippen molar-refractivity contribution in [1.82, 2.24) is 0 Å². The molecule has 1 rings (SSSR count). The first-order valence-corrected chi connectivity index (χ1v) is 4.61. The van der Waals surface area contributed by atoms with Crippen molar-refractivity contribution in [3.8, 4) is 5.75 Å². The van der Waals surface area contributed by atoms with Crippen LogP contribution in [0.1, 0.15) is 0 Å². The Morgan fingerprint density at radius 1 is 1.25 bits per heavy atom. The van der Waals surface area contributed by atoms with Crippen LogP contribution in [-0.2, 0) is 0 Å². The lowest BCUT2D eigenvalue weighted by Crippen LogP contribution is -2.36. The average Bonchev–Trinajstić information content (AvgIpc) is 2.08. The Bertz CT molecular complexity index is 396. The molecule has 0 bridgehead atoms. The van der Waals surface area contributed by atoms with Crippen molar-refractivity contribution in [2.75, 3.05) is 0 Å². The summed E-state index contributed by atoms with van der Waals surface area (Å²) in [5.74, 6) is -2.22. The van der Waals surface area contributed by atoms with Crippen LogP contribution in [-0.4, -0.2) is 23.5 Å². The average molecular weight is 303 g/mol. The van der Waals surface area contributed by atoms with E-state index in [2.05, 4.69) is 20.7 Å². The maximum atomic E-state index is 13.1. The molecule has 0 aliphatic rings. The van der Waals surface area contributed by atoms with Crippen molar-refractivity contribution in [2.45, 2.75) is 6.36 Å². The van der Waals surface area contributed by atoms with E-state index in [9.17, 15) is 17.6 Å². The fourth-order valence-corrected chi connectivity index (χ4v) is 1.44. The third-order valence-electron chi connectivity index (χ3n) is 1.57. The minimum Gasteiger partial charge on any atom is -0.423 e. The van der Waals surface area contributed by atoms with E-state index in [-0.39, 0.29) is 4.47 Å². The molecule has 9 heteroatoms. The molecule has 0 saturated carbocycles. The molecule has 16 heavy (non-hydrogen) atoms. The van der Waals surface area contributed by atoms with Gasteiger partial charge in [0, 0.05) is 0 Å². The number of hydrogen-bond acceptors (Lipinski definition) is 3. The maximum absolute atomic E-state index is 13.1. The normalized spacial score (nSPS) is 11.4. The SMILES string of the molecule is OB(O)c1c(F)ccc(Br)c1OC(F)(F)F. The van der Waals surface area contributed by atoms with Crippen LogP contribution in [0.3, 0.4) is 0 Å². The molecule has 3 nitrogen and oxygen atoms in total. The lowest BCUT2D eigenvalue weighted by molar-refractivity contribution is -0.274. The second kappa shape index (κ2) is 4.60. The molecule has 88 valence electrons. The minimum atomic E-state index is -5.06. The molecule has 0 radical (unpaired) electrons. The molecule has 1 aromatic carbocycles. The second-order valence-corrected chi connectivity index (χ2v) is 3.55. The van der Waals surface area contributed by atoms with Crippen LogP contribution in [0.2, 0.25) is 0 Å². The van der Waals surface area contributed by atoms with Gasteiger partial charge < -0.3 is 14.8 Å². The van der Waals surface area contributed by atoms with E-state index < -0.39 is 30.5 Å². The van der Waals surface area contributed by atoms with Gasteiger partial charge in [-0.05, 0) is 28.1 Å². The molecule has 0 atom stereocenters. The van der Waals surface area contributed by atoms with E-state index in [0.717, 1.165) is 12.1 Å². The quantitative estimate of drug-likeness (QED) is 0.637. The summed E-state index contributed by atoms with van der Waals surface area (Å²) in [7, 11) is -2.41. The Balaban J connectivity index is 3.29. The molecule has 0 heterocycles. The third kappa shape index (κ3) is 3.10. The van der Waals surface area contributed by atoms with E-state index >= 15 is 0 Å². The summed E-state index contributed by atoms with van der Waals surface area (Å²) < 4.78 is 52.2. The number of alkyl halides is 3. The molecule has 0 unspecified atom stereocenters. The van der Waals surface area contributed by atoms with E-state index in [1.807, 2.05) is 0 Å². The highest BCUT2D eigenvalue weighted by molar-refractivity contribution is 9.10. The molecule has 0 aliphatic heterocycles. The van der Waals surface area contributed by atoms with Gasteiger partial charge in [0.05, 0.1) is 9.94 Å². The zero-order valence-electron chi connectivity index (χ0n) is 7.42. The summed E-state index contributed by atoms with van der Waals surface area (Å²) in [6.45, 7) is 0. The van der Waals surface area contributed by atoms with Gasteiger partial charge in [-0.2, -0.15) is 0 Å². The molecule has 2 N–H and O–H groups in total. The Morgan fingerprint density at radius 2 is 1.81 bits per heavy atom. The highest BCUT2D eigenvalue weighted by Crippen LogP contribution is 2.29. The summed E-state index contributed by atoms with van der Waals surface area (Å²) in [6, 6.07) is 1.74. The van der Waals surface area contributed by atoms with Crippen molar-refractivity contribution in [3.05, 3.63) is 22.4 Å². The first kappa shape index (κ1) is 13.3. The largest absolute Gasteiger partial charge is 0.573 e. The van der Waals surface area contributed by atoms with Gasteiger partial charge in [-0.25, -0.2) is 4.39 Å². The van der Waals surface area contributed by atoms with Crippen LogP contribution in [0.5, 0.6) is 5.75 Å². The predicted molar refractivity (Wildman–Crippen MR) is 50.6 cm³/mol. The van der Waals surface area contributed by atoms with Crippen LogP contribution >= 0.6 is 15.9 Å². The Hall–Kier alpha value is -0.795. The van der Waals surface area contributed by atoms with Gasteiger partial charge in [0.15, 0.2) is 0 Å². The zero-order valence-corrected chi connectivity index (χ0v) is 9.01. The molecule has 0 spiro atoms. The van der Waals surface area contributed by atoms with Gasteiger partial charge in [-0.1, -0.05) is 0 Å². The van der Waals surface area contributed by atoms with Gasteiger partial charge in [0.2, 0.25) is 0 Å². The molecular formula is C7H4BBrF4O3. The van der Waals surface area contributed by atoms with E-state index in [1.54, 1.807) is 0 Å². The van der Waals surface area contributed by atoms with Gasteiger partial charge in [-0.3, -0.25) is 0 Å². The first-order valence-electron chi connectivity index (χ1n) is 3.82. The molecule has 0 saturated heterocycles. The topological polar surface area (TPSA) is 49.7 Å². The van der Waals surface area contributed by atoms with Crippen molar-refractivity contribution in [1.29, 1.82) is 0 Å². The van der Waals surface area contributed by atoms with E-state index in [1.165, 1.54) is 0 Å². The van der Waals surface area contributed by atoms with Crippen LogP contribution < -0.4 is 10.2 Å². The number of halogens is 5. The molecule has 0 aromatic heterocycles. The van der Waals surface area contributed by atoms with Gasteiger partial charge in [0.25, 0.3) is 0 Å². The molecular weight excluding hydrogens is 299 g/mol. The summed E-state index contributed by atoms with van der Waals surface area (Å²) in [5, 5.41) is 17.5. The van der Waals surface area contributed by atoms with Crippen molar-refractivity contribution in [2.24, 2.45) is 0 Å². The predicted octanol–water partition coefficient (Wildman–Crippen LogP) is 1.17. The van der Waals surface area contributed by atoms with Crippen LogP contribution in [0.15, 0.2) is 16.6 Å². The van der Waals surface area contributed by atoms with Crippen LogP contribution in [0, 0.1) is 5.82 Å². The summed E-state index contributed by atoms with van der Waals surface area (Å²) >= 11 is 2.69. The number of ether oxygens (including phenoxy) is 1. The molecule has 1 aromatic rings.